The summed E-state index contributed by atoms with van der Waals surface area (Å²) in [5.41, 5.74) is 6.36. The zero-order valence-electron chi connectivity index (χ0n) is 7.60. The molecule has 2 aromatic heterocycles. The summed E-state index contributed by atoms with van der Waals surface area (Å²) < 4.78 is 6.49. The van der Waals surface area contributed by atoms with Crippen molar-refractivity contribution in [2.24, 2.45) is 0 Å². The van der Waals surface area contributed by atoms with Crippen molar-refractivity contribution in [1.82, 2.24) is 9.38 Å². The van der Waals surface area contributed by atoms with Gasteiger partial charge in [-0.1, -0.05) is 6.07 Å². The summed E-state index contributed by atoms with van der Waals surface area (Å²) in [5.74, 6) is 0.0552. The number of carbonyl (C=O) groups is 1. The molecule has 0 saturated heterocycles. The maximum absolute atomic E-state index is 10.7. The molecule has 0 radical (unpaired) electrons. The molecule has 2 heterocycles. The number of rotatable bonds is 1. The second-order valence-electron chi connectivity index (χ2n) is 2.82. The molecule has 0 bridgehead atoms. The van der Waals surface area contributed by atoms with E-state index >= 15 is 0 Å². The summed E-state index contributed by atoms with van der Waals surface area (Å²) >= 11 is 0. The van der Waals surface area contributed by atoms with Crippen LogP contribution in [0.15, 0.2) is 24.4 Å². The molecule has 0 aromatic carbocycles. The van der Waals surface area contributed by atoms with Gasteiger partial charge in [-0.2, -0.15) is 4.98 Å². The van der Waals surface area contributed by atoms with Crippen molar-refractivity contribution in [2.75, 3.05) is 5.73 Å². The lowest BCUT2D eigenvalue weighted by atomic mass is 10.5. The first-order chi connectivity index (χ1) is 6.68. The third kappa shape index (κ3) is 1.28. The highest BCUT2D eigenvalue weighted by molar-refractivity contribution is 5.71. The smallest absolute Gasteiger partial charge is 0.309 e. The van der Waals surface area contributed by atoms with Crippen LogP contribution in [0.5, 0.6) is 5.88 Å². The van der Waals surface area contributed by atoms with Crippen molar-refractivity contribution in [3.05, 3.63) is 24.4 Å². The van der Waals surface area contributed by atoms with Crippen molar-refractivity contribution >= 4 is 17.4 Å². The largest absolute Gasteiger partial charge is 0.404 e. The number of esters is 1. The molecule has 2 N–H and O–H groups in total. The maximum Gasteiger partial charge on any atom is 0.309 e. The van der Waals surface area contributed by atoms with Crippen molar-refractivity contribution in [3.63, 3.8) is 0 Å². The van der Waals surface area contributed by atoms with Crippen LogP contribution in [-0.2, 0) is 4.79 Å². The number of pyridine rings is 1. The quantitative estimate of drug-likeness (QED) is 0.678. The van der Waals surface area contributed by atoms with Crippen LogP contribution in [0.25, 0.3) is 5.65 Å². The molecule has 0 atom stereocenters. The van der Waals surface area contributed by atoms with E-state index in [0.29, 0.717) is 11.5 Å². The lowest BCUT2D eigenvalue weighted by molar-refractivity contribution is -0.132. The van der Waals surface area contributed by atoms with Crippen molar-refractivity contribution in [2.45, 2.75) is 6.92 Å². The molecule has 0 fully saturated rings. The summed E-state index contributed by atoms with van der Waals surface area (Å²) in [4.78, 5) is 14.8. The number of nitrogens with two attached hydrogens (primary N) is 1. The minimum absolute atomic E-state index is 0.156. The molecule has 2 aromatic rings. The highest BCUT2D eigenvalue weighted by Gasteiger charge is 2.10. The number of anilines is 1. The first-order valence-corrected chi connectivity index (χ1v) is 4.09. The number of hydrogen-bond acceptors (Lipinski definition) is 4. The number of ether oxygens (including phenoxy) is 1. The van der Waals surface area contributed by atoms with E-state index in [2.05, 4.69) is 4.98 Å². The van der Waals surface area contributed by atoms with Crippen LogP contribution in [-0.4, -0.2) is 15.4 Å². The van der Waals surface area contributed by atoms with E-state index in [0.717, 1.165) is 0 Å². The lowest BCUT2D eigenvalue weighted by Crippen LogP contribution is -2.04. The van der Waals surface area contributed by atoms with E-state index in [-0.39, 0.29) is 5.88 Å². The molecule has 5 nitrogen and oxygen atoms in total. The van der Waals surface area contributed by atoms with Crippen molar-refractivity contribution in [1.29, 1.82) is 0 Å². The summed E-state index contributed by atoms with van der Waals surface area (Å²) in [7, 11) is 0. The molecule has 0 saturated carbocycles. The van der Waals surface area contributed by atoms with E-state index in [4.69, 9.17) is 10.5 Å². The Hall–Kier alpha value is -2.04. The standard InChI is InChI=1S/C9H9N3O2/c1-6(13)14-9-8(10)12-5-3-2-4-7(12)11-9/h2-5H,10H2,1H3. The highest BCUT2D eigenvalue weighted by Crippen LogP contribution is 2.21. The molecular formula is C9H9N3O2. The van der Waals surface area contributed by atoms with E-state index in [1.54, 1.807) is 16.7 Å². The number of nitrogen functional groups attached to an aromatic ring is 1. The Morgan fingerprint density at radius 1 is 1.57 bits per heavy atom. The second kappa shape index (κ2) is 3.02. The van der Waals surface area contributed by atoms with Crippen LogP contribution in [0.1, 0.15) is 6.92 Å². The van der Waals surface area contributed by atoms with E-state index in [1.165, 1.54) is 6.92 Å². The molecular weight excluding hydrogens is 182 g/mol. The summed E-state index contributed by atoms with van der Waals surface area (Å²) in [5, 5.41) is 0. The van der Waals surface area contributed by atoms with Gasteiger partial charge >= 0.3 is 5.97 Å². The number of nitrogens with zero attached hydrogens (tertiary/aromatic N) is 2. The Labute approximate surface area is 80.1 Å². The maximum atomic E-state index is 10.7. The molecule has 0 amide bonds. The molecule has 5 heteroatoms. The van der Waals surface area contributed by atoms with Gasteiger partial charge in [0.25, 0.3) is 5.88 Å². The number of aromatic nitrogens is 2. The molecule has 72 valence electrons. The van der Waals surface area contributed by atoms with Gasteiger partial charge in [0.2, 0.25) is 0 Å². The van der Waals surface area contributed by atoms with Crippen molar-refractivity contribution in [3.8, 4) is 5.88 Å². The predicted molar refractivity (Wildman–Crippen MR) is 50.9 cm³/mol. The van der Waals surface area contributed by atoms with E-state index < -0.39 is 5.97 Å². The molecule has 14 heavy (non-hydrogen) atoms. The minimum atomic E-state index is -0.430. The van der Waals surface area contributed by atoms with Gasteiger partial charge in [-0.3, -0.25) is 9.20 Å². The van der Waals surface area contributed by atoms with Crippen LogP contribution in [0.3, 0.4) is 0 Å². The number of imidazole rings is 1. The van der Waals surface area contributed by atoms with Crippen LogP contribution < -0.4 is 10.5 Å². The predicted octanol–water partition coefficient (Wildman–Crippen LogP) is 0.842. The van der Waals surface area contributed by atoms with Gasteiger partial charge < -0.3 is 10.5 Å². The molecule has 0 unspecified atom stereocenters. The van der Waals surface area contributed by atoms with Crippen molar-refractivity contribution < 1.29 is 9.53 Å². The van der Waals surface area contributed by atoms with Crippen LogP contribution in [0.2, 0.25) is 0 Å². The second-order valence-corrected chi connectivity index (χ2v) is 2.82. The Balaban J connectivity index is 2.57. The first kappa shape index (κ1) is 8.55. The molecule has 2 rings (SSSR count). The van der Waals surface area contributed by atoms with Crippen LogP contribution in [0.4, 0.5) is 5.82 Å². The van der Waals surface area contributed by atoms with E-state index in [9.17, 15) is 4.79 Å². The Morgan fingerprint density at radius 3 is 3.00 bits per heavy atom. The van der Waals surface area contributed by atoms with Gasteiger partial charge in [0, 0.05) is 13.1 Å². The fourth-order valence-corrected chi connectivity index (χ4v) is 1.20. The normalized spacial score (nSPS) is 10.4. The Bertz CT molecular complexity index is 490. The average Bonchev–Trinajstić information content (AvgIpc) is 2.44. The number of fused-ring (bicyclic) bond motifs is 1. The van der Waals surface area contributed by atoms with E-state index in [1.807, 2.05) is 12.1 Å². The van der Waals surface area contributed by atoms with Gasteiger partial charge in [-0.15, -0.1) is 0 Å². The molecule has 0 aliphatic rings. The SMILES string of the molecule is CC(=O)Oc1nc2ccccn2c1N. The van der Waals surface area contributed by atoms with Crippen LogP contribution in [0, 0.1) is 0 Å². The number of carbonyl (C=O) groups excluding carboxylic acids is 1. The fraction of sp³-hybridized carbons (Fsp3) is 0.111. The summed E-state index contributed by atoms with van der Waals surface area (Å²) in [6.07, 6.45) is 1.75. The third-order valence-corrected chi connectivity index (χ3v) is 1.77. The van der Waals surface area contributed by atoms with Gasteiger partial charge in [-0.05, 0) is 12.1 Å². The summed E-state index contributed by atoms with van der Waals surface area (Å²) in [6.45, 7) is 1.31. The van der Waals surface area contributed by atoms with Gasteiger partial charge in [0.05, 0.1) is 0 Å². The number of hydrogen-bond donors (Lipinski definition) is 1. The van der Waals surface area contributed by atoms with Crippen LogP contribution >= 0.6 is 0 Å². The average molecular weight is 191 g/mol. The minimum Gasteiger partial charge on any atom is -0.404 e. The Morgan fingerprint density at radius 2 is 2.36 bits per heavy atom. The lowest BCUT2D eigenvalue weighted by Gasteiger charge is -1.96. The fourth-order valence-electron chi connectivity index (χ4n) is 1.20. The Kier molecular flexibility index (Phi) is 1.85. The molecule has 0 spiro atoms. The first-order valence-electron chi connectivity index (χ1n) is 4.09. The zero-order valence-corrected chi connectivity index (χ0v) is 7.60. The monoisotopic (exact) mass is 191 g/mol. The zero-order chi connectivity index (χ0) is 10.1. The highest BCUT2D eigenvalue weighted by atomic mass is 16.5. The summed E-state index contributed by atoms with van der Waals surface area (Å²) in [6, 6.07) is 5.44. The molecule has 0 aliphatic heterocycles. The van der Waals surface area contributed by atoms with Gasteiger partial charge in [-0.25, -0.2) is 0 Å². The molecule has 0 aliphatic carbocycles. The third-order valence-electron chi connectivity index (χ3n) is 1.77. The topological polar surface area (TPSA) is 69.6 Å². The van der Waals surface area contributed by atoms with Gasteiger partial charge in [0.1, 0.15) is 5.65 Å². The van der Waals surface area contributed by atoms with Gasteiger partial charge in [0.15, 0.2) is 5.82 Å².